The zero-order valence-electron chi connectivity index (χ0n) is 9.93. The number of hydrogen-bond acceptors (Lipinski definition) is 4. The lowest BCUT2D eigenvalue weighted by Crippen LogP contribution is -2.67. The Morgan fingerprint density at radius 2 is 2.06 bits per heavy atom. The smallest absolute Gasteiger partial charge is 0.140 e. The van der Waals surface area contributed by atoms with Crippen LogP contribution in [0.3, 0.4) is 0 Å². The Kier molecular flexibility index (Phi) is 2.26. The van der Waals surface area contributed by atoms with Gasteiger partial charge >= 0.3 is 0 Å². The van der Waals surface area contributed by atoms with Gasteiger partial charge in [0.1, 0.15) is 12.1 Å². The van der Waals surface area contributed by atoms with Gasteiger partial charge in [0.25, 0.3) is 0 Å². The van der Waals surface area contributed by atoms with E-state index in [4.69, 9.17) is 5.73 Å². The first-order valence-corrected chi connectivity index (χ1v) is 5.95. The summed E-state index contributed by atoms with van der Waals surface area (Å²) in [5.74, 6) is 1.00. The van der Waals surface area contributed by atoms with E-state index in [1.165, 1.54) is 0 Å². The van der Waals surface area contributed by atoms with Crippen LogP contribution >= 0.6 is 0 Å². The number of benzene rings is 1. The lowest BCUT2D eigenvalue weighted by atomic mass is 9.88. The van der Waals surface area contributed by atoms with Crippen molar-refractivity contribution in [2.45, 2.75) is 18.9 Å². The molecule has 88 valence electrons. The molecule has 0 saturated carbocycles. The maximum absolute atomic E-state index is 6.19. The molecule has 3 rings (SSSR count). The molecular weight excluding hydrogens is 212 g/mol. The van der Waals surface area contributed by atoms with Gasteiger partial charge in [-0.25, -0.2) is 9.97 Å². The van der Waals surface area contributed by atoms with Crippen molar-refractivity contribution in [3.63, 3.8) is 0 Å². The van der Waals surface area contributed by atoms with E-state index in [1.807, 2.05) is 18.2 Å². The average Bonchev–Trinajstić information content (AvgIpc) is 2.34. The average molecular weight is 228 g/mol. The highest BCUT2D eigenvalue weighted by molar-refractivity contribution is 5.89. The Balaban J connectivity index is 1.97. The molecule has 1 saturated heterocycles. The third-order valence-electron chi connectivity index (χ3n) is 3.54. The van der Waals surface area contributed by atoms with Gasteiger partial charge in [-0.2, -0.15) is 0 Å². The van der Waals surface area contributed by atoms with E-state index in [-0.39, 0.29) is 5.54 Å². The molecule has 2 N–H and O–H groups in total. The van der Waals surface area contributed by atoms with E-state index in [1.54, 1.807) is 6.33 Å². The number of nitrogens with zero attached hydrogens (tertiary/aromatic N) is 3. The molecule has 1 aliphatic heterocycles. The first kappa shape index (κ1) is 10.5. The predicted octanol–water partition coefficient (Wildman–Crippen LogP) is 1.56. The third kappa shape index (κ3) is 1.65. The molecule has 0 unspecified atom stereocenters. The van der Waals surface area contributed by atoms with Crippen molar-refractivity contribution in [3.05, 3.63) is 30.6 Å². The molecule has 0 amide bonds. The molecule has 2 aromatic rings. The van der Waals surface area contributed by atoms with Gasteiger partial charge in [0, 0.05) is 18.5 Å². The molecule has 0 aliphatic carbocycles. The van der Waals surface area contributed by atoms with Gasteiger partial charge in [-0.1, -0.05) is 19.1 Å². The molecular formula is C13H16N4. The molecule has 4 nitrogen and oxygen atoms in total. The molecule has 1 aromatic heterocycles. The van der Waals surface area contributed by atoms with Crippen LogP contribution in [-0.2, 0) is 0 Å². The normalized spacial score (nSPS) is 18.1. The maximum Gasteiger partial charge on any atom is 0.140 e. The first-order valence-electron chi connectivity index (χ1n) is 5.95. The van der Waals surface area contributed by atoms with Gasteiger partial charge in [0.05, 0.1) is 11.1 Å². The Bertz CT molecular complexity index is 541. The number of para-hydroxylation sites is 1. The van der Waals surface area contributed by atoms with Crippen LogP contribution in [0.1, 0.15) is 13.3 Å². The van der Waals surface area contributed by atoms with Gasteiger partial charge in [0.15, 0.2) is 0 Å². The van der Waals surface area contributed by atoms with Crippen LogP contribution in [0.2, 0.25) is 0 Å². The zero-order valence-corrected chi connectivity index (χ0v) is 9.93. The van der Waals surface area contributed by atoms with Crippen LogP contribution in [0.25, 0.3) is 10.9 Å². The Morgan fingerprint density at radius 1 is 1.29 bits per heavy atom. The van der Waals surface area contributed by atoms with Crippen molar-refractivity contribution in [1.82, 2.24) is 9.97 Å². The largest absolute Gasteiger partial charge is 0.352 e. The number of nitrogens with two attached hydrogens (primary N) is 1. The second-order valence-corrected chi connectivity index (χ2v) is 4.79. The number of rotatable bonds is 2. The Hall–Kier alpha value is -1.68. The summed E-state index contributed by atoms with van der Waals surface area (Å²) in [7, 11) is 0. The predicted molar refractivity (Wildman–Crippen MR) is 69.0 cm³/mol. The summed E-state index contributed by atoms with van der Waals surface area (Å²) in [4.78, 5) is 10.9. The van der Waals surface area contributed by atoms with Crippen LogP contribution in [0, 0.1) is 0 Å². The minimum atomic E-state index is -0.0357. The summed E-state index contributed by atoms with van der Waals surface area (Å²) in [6, 6.07) is 8.09. The zero-order chi connectivity index (χ0) is 11.9. The van der Waals surface area contributed by atoms with E-state index in [2.05, 4.69) is 27.9 Å². The Labute approximate surface area is 100 Å². The molecule has 0 spiro atoms. The second kappa shape index (κ2) is 3.67. The summed E-state index contributed by atoms with van der Waals surface area (Å²) < 4.78 is 0. The lowest BCUT2D eigenvalue weighted by molar-refractivity contribution is 0.321. The summed E-state index contributed by atoms with van der Waals surface area (Å²) in [5.41, 5.74) is 7.14. The highest BCUT2D eigenvalue weighted by Gasteiger charge is 2.38. The van der Waals surface area contributed by atoms with Crippen LogP contribution in [0.5, 0.6) is 0 Å². The van der Waals surface area contributed by atoms with Crippen molar-refractivity contribution < 1.29 is 0 Å². The second-order valence-electron chi connectivity index (χ2n) is 4.79. The monoisotopic (exact) mass is 228 g/mol. The van der Waals surface area contributed by atoms with Crippen molar-refractivity contribution >= 4 is 16.7 Å². The summed E-state index contributed by atoms with van der Waals surface area (Å²) in [6.07, 6.45) is 2.63. The van der Waals surface area contributed by atoms with Crippen LogP contribution in [0.15, 0.2) is 30.6 Å². The van der Waals surface area contributed by atoms with Crippen LogP contribution < -0.4 is 10.6 Å². The number of hydrogen-bond donors (Lipinski definition) is 1. The molecule has 1 fully saturated rings. The summed E-state index contributed by atoms with van der Waals surface area (Å²) in [5, 5.41) is 1.10. The summed E-state index contributed by atoms with van der Waals surface area (Å²) >= 11 is 0. The van der Waals surface area contributed by atoms with Crippen molar-refractivity contribution in [1.29, 1.82) is 0 Å². The summed E-state index contributed by atoms with van der Waals surface area (Å²) in [6.45, 7) is 3.89. The number of aromatic nitrogens is 2. The molecule has 0 radical (unpaired) electrons. The topological polar surface area (TPSA) is 55.0 Å². The highest BCUT2D eigenvalue weighted by atomic mass is 15.3. The number of fused-ring (bicyclic) bond motifs is 1. The Morgan fingerprint density at radius 3 is 2.82 bits per heavy atom. The van der Waals surface area contributed by atoms with E-state index in [9.17, 15) is 0 Å². The molecule has 1 aromatic carbocycles. The lowest BCUT2D eigenvalue weighted by Gasteiger charge is -2.48. The first-order chi connectivity index (χ1) is 8.22. The van der Waals surface area contributed by atoms with Crippen LogP contribution in [0.4, 0.5) is 5.82 Å². The molecule has 0 bridgehead atoms. The SMILES string of the molecule is CCC1(N)CN(c2ncnc3ccccc23)C1. The minimum absolute atomic E-state index is 0.0357. The quantitative estimate of drug-likeness (QED) is 0.847. The van der Waals surface area contributed by atoms with Crippen molar-refractivity contribution in [2.24, 2.45) is 5.73 Å². The standard InChI is InChI=1S/C13H16N4/c1-2-13(14)7-17(8-13)12-10-5-3-4-6-11(10)15-9-16-12/h3-6,9H,2,7-8,14H2,1H3. The fourth-order valence-corrected chi connectivity index (χ4v) is 2.33. The molecule has 0 atom stereocenters. The third-order valence-corrected chi connectivity index (χ3v) is 3.54. The molecule has 17 heavy (non-hydrogen) atoms. The van der Waals surface area contributed by atoms with Crippen LogP contribution in [-0.4, -0.2) is 28.6 Å². The highest BCUT2D eigenvalue weighted by Crippen LogP contribution is 2.30. The van der Waals surface area contributed by atoms with Crippen molar-refractivity contribution in [3.8, 4) is 0 Å². The fourth-order valence-electron chi connectivity index (χ4n) is 2.33. The van der Waals surface area contributed by atoms with Gasteiger partial charge in [-0.3, -0.25) is 0 Å². The van der Waals surface area contributed by atoms with E-state index in [0.717, 1.165) is 36.2 Å². The van der Waals surface area contributed by atoms with Gasteiger partial charge in [-0.05, 0) is 18.6 Å². The maximum atomic E-state index is 6.19. The molecule has 1 aliphatic rings. The molecule has 4 heteroatoms. The van der Waals surface area contributed by atoms with E-state index >= 15 is 0 Å². The van der Waals surface area contributed by atoms with Gasteiger partial charge < -0.3 is 10.6 Å². The van der Waals surface area contributed by atoms with E-state index in [0.29, 0.717) is 0 Å². The fraction of sp³-hybridized carbons (Fsp3) is 0.385. The number of anilines is 1. The molecule has 2 heterocycles. The van der Waals surface area contributed by atoms with Gasteiger partial charge in [0.2, 0.25) is 0 Å². The van der Waals surface area contributed by atoms with E-state index < -0.39 is 0 Å². The minimum Gasteiger partial charge on any atom is -0.352 e. The van der Waals surface area contributed by atoms with Gasteiger partial charge in [-0.15, -0.1) is 0 Å². The van der Waals surface area contributed by atoms with Crippen molar-refractivity contribution in [2.75, 3.05) is 18.0 Å².